The van der Waals surface area contributed by atoms with Crippen LogP contribution in [0.4, 0.5) is 23.2 Å². The van der Waals surface area contributed by atoms with Gasteiger partial charge in [-0.2, -0.15) is 18.4 Å². The molecule has 2 aliphatic carbocycles. The van der Waals surface area contributed by atoms with Gasteiger partial charge in [0, 0.05) is 11.3 Å². The van der Waals surface area contributed by atoms with Crippen LogP contribution in [0.5, 0.6) is 0 Å². The lowest BCUT2D eigenvalue weighted by molar-refractivity contribution is -0.129. The van der Waals surface area contributed by atoms with Crippen molar-refractivity contribution >= 4 is 23.5 Å². The van der Waals surface area contributed by atoms with Crippen molar-refractivity contribution in [2.24, 2.45) is 5.41 Å². The zero-order chi connectivity index (χ0) is 19.7. The minimum Gasteiger partial charge on any atom is -0.346 e. The molecule has 27 heavy (non-hydrogen) atoms. The van der Waals surface area contributed by atoms with Crippen LogP contribution in [-0.4, -0.2) is 23.4 Å². The highest BCUT2D eigenvalue weighted by molar-refractivity contribution is 8.00. The van der Waals surface area contributed by atoms with E-state index in [-0.39, 0.29) is 22.4 Å². The Morgan fingerprint density at radius 1 is 1.26 bits per heavy atom. The molecule has 0 heterocycles. The number of hydrogen-bond acceptors (Lipinski definition) is 4. The number of carbonyl (C=O) groups is 1. The monoisotopic (exact) mass is 401 g/mol. The number of halogens is 4. The zero-order valence-corrected chi connectivity index (χ0v) is 15.3. The highest BCUT2D eigenvalue weighted by Crippen LogP contribution is 2.56. The third-order valence-electron chi connectivity index (χ3n) is 5.35. The molecule has 0 radical (unpaired) electrons. The third-order valence-corrected chi connectivity index (χ3v) is 6.13. The van der Waals surface area contributed by atoms with E-state index in [1.807, 2.05) is 0 Å². The van der Waals surface area contributed by atoms with E-state index in [9.17, 15) is 27.6 Å². The molecule has 0 saturated heterocycles. The van der Waals surface area contributed by atoms with Gasteiger partial charge in [-0.3, -0.25) is 4.79 Å². The Kier molecular flexibility index (Phi) is 5.30. The fourth-order valence-electron chi connectivity index (χ4n) is 3.93. The summed E-state index contributed by atoms with van der Waals surface area (Å²) < 4.78 is 53.1. The van der Waals surface area contributed by atoms with E-state index in [1.54, 1.807) is 0 Å². The van der Waals surface area contributed by atoms with Gasteiger partial charge < -0.3 is 10.0 Å². The Labute approximate surface area is 158 Å². The summed E-state index contributed by atoms with van der Waals surface area (Å²) in [5.74, 6) is -1.31. The van der Waals surface area contributed by atoms with Crippen molar-refractivity contribution in [1.29, 1.82) is 5.26 Å². The number of hydrogen-bond donors (Lipinski definition) is 2. The summed E-state index contributed by atoms with van der Waals surface area (Å²) in [6.45, 7) is 0. The van der Waals surface area contributed by atoms with Crippen LogP contribution in [0, 0.1) is 22.6 Å². The highest BCUT2D eigenvalue weighted by atomic mass is 32.2. The number of benzene rings is 1. The second-order valence-electron chi connectivity index (χ2n) is 7.31. The first-order valence-electron chi connectivity index (χ1n) is 8.64. The Balaban J connectivity index is 1.68. The van der Waals surface area contributed by atoms with E-state index >= 15 is 0 Å². The van der Waals surface area contributed by atoms with Gasteiger partial charge in [-0.05, 0) is 50.3 Å². The van der Waals surface area contributed by atoms with E-state index in [0.717, 1.165) is 36.9 Å². The molecule has 0 aliphatic heterocycles. The molecular weight excluding hydrogens is 382 g/mol. The van der Waals surface area contributed by atoms with Crippen molar-refractivity contribution in [2.75, 3.05) is 10.5 Å². The summed E-state index contributed by atoms with van der Waals surface area (Å²) >= 11 is 0.814. The number of nitrogens with one attached hydrogen (secondary N) is 2. The number of alkyl halides is 3. The van der Waals surface area contributed by atoms with Crippen molar-refractivity contribution in [2.45, 2.75) is 50.2 Å². The first-order chi connectivity index (χ1) is 12.7. The molecule has 0 aromatic heterocycles. The summed E-state index contributed by atoms with van der Waals surface area (Å²) in [5, 5.41) is 12.3. The normalized spacial score (nSPS) is 26.6. The fourth-order valence-corrected chi connectivity index (χ4v) is 4.70. The average Bonchev–Trinajstić information content (AvgIpc) is 3.15. The molecule has 4 nitrogen and oxygen atoms in total. The van der Waals surface area contributed by atoms with Gasteiger partial charge >= 0.3 is 6.18 Å². The molecule has 2 bridgehead atoms. The summed E-state index contributed by atoms with van der Waals surface area (Å²) in [7, 11) is 0. The lowest BCUT2D eigenvalue weighted by atomic mass is 9.85. The molecule has 2 saturated carbocycles. The van der Waals surface area contributed by atoms with Crippen LogP contribution in [0.2, 0.25) is 0 Å². The number of fused-ring (bicyclic) bond motifs is 2. The molecule has 3 rings (SSSR count). The van der Waals surface area contributed by atoms with E-state index in [4.69, 9.17) is 0 Å². The van der Waals surface area contributed by atoms with Gasteiger partial charge in [0.25, 0.3) is 5.91 Å². The number of nitrogens with zero attached hydrogens (tertiary/aromatic N) is 1. The standard InChI is InChI=1S/C18H19F4N3OS/c19-12-1-2-14(25-27-8-7-18(20,21)22)13(9-12)15(26)24-17-5-3-16(10-17,11-23)4-6-17/h1-2,9,25H,3-8,10H2,(H,24,26). The molecule has 9 heteroatoms. The minimum atomic E-state index is -4.25. The van der Waals surface area contributed by atoms with Gasteiger partial charge in [-0.25, -0.2) is 4.39 Å². The van der Waals surface area contributed by atoms with Crippen LogP contribution < -0.4 is 10.0 Å². The predicted molar refractivity (Wildman–Crippen MR) is 94.5 cm³/mol. The van der Waals surface area contributed by atoms with Crippen molar-refractivity contribution in [3.63, 3.8) is 0 Å². The molecule has 2 N–H and O–H groups in total. The van der Waals surface area contributed by atoms with Crippen molar-refractivity contribution in [3.8, 4) is 6.07 Å². The molecule has 0 atom stereocenters. The number of carbonyl (C=O) groups excluding carboxylic acids is 1. The first-order valence-corrected chi connectivity index (χ1v) is 9.62. The maximum absolute atomic E-state index is 13.7. The van der Waals surface area contributed by atoms with Gasteiger partial charge in [0.2, 0.25) is 0 Å². The van der Waals surface area contributed by atoms with Crippen LogP contribution in [0.15, 0.2) is 18.2 Å². The van der Waals surface area contributed by atoms with Gasteiger partial charge in [0.05, 0.1) is 29.2 Å². The Morgan fingerprint density at radius 2 is 1.96 bits per heavy atom. The SMILES string of the molecule is N#CC12CCC(NC(=O)c3cc(F)ccc3NSCCC(F)(F)F)(CC1)C2. The zero-order valence-electron chi connectivity index (χ0n) is 14.5. The minimum absolute atomic E-state index is 0.0465. The predicted octanol–water partition coefficient (Wildman–Crippen LogP) is 4.79. The summed E-state index contributed by atoms with van der Waals surface area (Å²) in [6.07, 6.45) is -1.78. The lowest BCUT2D eigenvalue weighted by Gasteiger charge is -2.28. The maximum atomic E-state index is 13.7. The largest absolute Gasteiger partial charge is 0.389 e. The highest BCUT2D eigenvalue weighted by Gasteiger charge is 2.55. The van der Waals surface area contributed by atoms with Gasteiger partial charge in [0.15, 0.2) is 0 Å². The second kappa shape index (κ2) is 7.23. The number of amides is 1. The quantitative estimate of drug-likeness (QED) is 0.409. The van der Waals surface area contributed by atoms with E-state index in [1.165, 1.54) is 6.07 Å². The molecule has 2 aliphatic rings. The molecule has 146 valence electrons. The van der Waals surface area contributed by atoms with Gasteiger partial charge in [-0.15, -0.1) is 0 Å². The van der Waals surface area contributed by atoms with Crippen LogP contribution >= 0.6 is 11.9 Å². The molecule has 1 aromatic carbocycles. The number of nitriles is 1. The molecule has 1 aromatic rings. The molecule has 1 amide bonds. The maximum Gasteiger partial charge on any atom is 0.389 e. The molecule has 2 fully saturated rings. The molecular formula is C18H19F4N3OS. The van der Waals surface area contributed by atoms with Crippen LogP contribution in [0.25, 0.3) is 0 Å². The average molecular weight is 401 g/mol. The molecule has 0 spiro atoms. The van der Waals surface area contributed by atoms with E-state index < -0.39 is 29.9 Å². The van der Waals surface area contributed by atoms with Crippen molar-refractivity contribution in [3.05, 3.63) is 29.6 Å². The second-order valence-corrected chi connectivity index (χ2v) is 8.21. The smallest absolute Gasteiger partial charge is 0.346 e. The van der Waals surface area contributed by atoms with Crippen LogP contribution in [0.1, 0.15) is 48.9 Å². The Morgan fingerprint density at radius 3 is 2.56 bits per heavy atom. The van der Waals surface area contributed by atoms with Crippen LogP contribution in [0.3, 0.4) is 0 Å². The first kappa shape index (κ1) is 19.8. The summed E-state index contributed by atoms with van der Waals surface area (Å²) in [4.78, 5) is 12.8. The van der Waals surface area contributed by atoms with Crippen LogP contribution in [-0.2, 0) is 0 Å². The van der Waals surface area contributed by atoms with Crippen molar-refractivity contribution in [1.82, 2.24) is 5.32 Å². The number of anilines is 1. The third kappa shape index (κ3) is 4.49. The van der Waals surface area contributed by atoms with E-state index in [2.05, 4.69) is 16.1 Å². The lowest BCUT2D eigenvalue weighted by Crippen LogP contribution is -2.45. The summed E-state index contributed by atoms with van der Waals surface area (Å²) in [6, 6.07) is 5.91. The van der Waals surface area contributed by atoms with Gasteiger partial charge in [-0.1, -0.05) is 11.9 Å². The van der Waals surface area contributed by atoms with Gasteiger partial charge in [0.1, 0.15) is 5.82 Å². The Bertz CT molecular complexity index is 767. The van der Waals surface area contributed by atoms with E-state index in [0.29, 0.717) is 19.3 Å². The fraction of sp³-hybridized carbons (Fsp3) is 0.556. The summed E-state index contributed by atoms with van der Waals surface area (Å²) in [5.41, 5.74) is -0.533. The topological polar surface area (TPSA) is 64.9 Å². The van der Waals surface area contributed by atoms with Crippen molar-refractivity contribution < 1.29 is 22.4 Å². The number of rotatable bonds is 6. The Hall–Kier alpha value is -1.95. The molecule has 0 unspecified atom stereocenters.